The fourth-order valence-corrected chi connectivity index (χ4v) is 3.25. The Bertz CT molecular complexity index is 843. The maximum Gasteiger partial charge on any atom is 0.249 e. The Morgan fingerprint density at radius 2 is 2.05 bits per heavy atom. The highest BCUT2D eigenvalue weighted by atomic mass is 32.1. The molecular formula is C16H14N4OS. The second kappa shape index (κ2) is 5.65. The van der Waals surface area contributed by atoms with E-state index in [0.717, 1.165) is 27.4 Å². The summed E-state index contributed by atoms with van der Waals surface area (Å²) in [6.45, 7) is 3.87. The number of nitrogens with two attached hydrogens (primary N) is 1. The van der Waals surface area contributed by atoms with E-state index in [1.54, 1.807) is 24.7 Å². The summed E-state index contributed by atoms with van der Waals surface area (Å²) in [5.41, 5.74) is 10.2. The minimum Gasteiger partial charge on any atom is -0.366 e. The molecule has 0 spiro atoms. The lowest BCUT2D eigenvalue weighted by Gasteiger charge is -2.11. The molecule has 2 aromatic heterocycles. The lowest BCUT2D eigenvalue weighted by molar-refractivity contribution is 0.100. The second-order valence-corrected chi connectivity index (χ2v) is 5.82. The monoisotopic (exact) mass is 310 g/mol. The Balaban J connectivity index is 2.22. The molecule has 0 saturated heterocycles. The Kier molecular flexibility index (Phi) is 3.68. The number of rotatable bonds is 3. The first-order chi connectivity index (χ1) is 10.6. The van der Waals surface area contributed by atoms with Gasteiger partial charge in [-0.05, 0) is 31.5 Å². The SMILES string of the molecule is Cc1csc(-c2c(C)cc(-c3cnccn3)cc2C(N)=O)n1. The van der Waals surface area contributed by atoms with Gasteiger partial charge in [0.2, 0.25) is 5.91 Å². The van der Waals surface area contributed by atoms with Crippen LogP contribution in [0.2, 0.25) is 0 Å². The molecule has 0 aliphatic rings. The highest BCUT2D eigenvalue weighted by Gasteiger charge is 2.18. The van der Waals surface area contributed by atoms with Crippen molar-refractivity contribution >= 4 is 17.2 Å². The number of aryl methyl sites for hydroxylation is 2. The van der Waals surface area contributed by atoms with E-state index in [0.29, 0.717) is 11.3 Å². The van der Waals surface area contributed by atoms with Crippen LogP contribution in [0.15, 0.2) is 36.1 Å². The molecule has 3 aromatic rings. The summed E-state index contributed by atoms with van der Waals surface area (Å²) < 4.78 is 0. The van der Waals surface area contributed by atoms with Crippen LogP contribution in [0.3, 0.4) is 0 Å². The molecule has 1 amide bonds. The Labute approximate surface area is 131 Å². The van der Waals surface area contributed by atoms with Crippen molar-refractivity contribution in [2.75, 3.05) is 0 Å². The van der Waals surface area contributed by atoms with E-state index < -0.39 is 5.91 Å². The molecule has 5 nitrogen and oxygen atoms in total. The van der Waals surface area contributed by atoms with Crippen molar-refractivity contribution < 1.29 is 4.79 Å². The van der Waals surface area contributed by atoms with Gasteiger partial charge < -0.3 is 5.73 Å². The van der Waals surface area contributed by atoms with Crippen molar-refractivity contribution in [3.63, 3.8) is 0 Å². The largest absolute Gasteiger partial charge is 0.366 e. The third-order valence-electron chi connectivity index (χ3n) is 3.29. The molecule has 0 fully saturated rings. The van der Waals surface area contributed by atoms with E-state index in [2.05, 4.69) is 15.0 Å². The molecule has 22 heavy (non-hydrogen) atoms. The van der Waals surface area contributed by atoms with Crippen LogP contribution in [0.25, 0.3) is 21.8 Å². The van der Waals surface area contributed by atoms with Crippen LogP contribution in [0.1, 0.15) is 21.6 Å². The average molecular weight is 310 g/mol. The molecule has 0 saturated carbocycles. The third-order valence-corrected chi connectivity index (χ3v) is 4.27. The van der Waals surface area contributed by atoms with E-state index >= 15 is 0 Å². The van der Waals surface area contributed by atoms with E-state index in [9.17, 15) is 4.79 Å². The van der Waals surface area contributed by atoms with Crippen LogP contribution < -0.4 is 5.73 Å². The number of hydrogen-bond donors (Lipinski definition) is 1. The van der Waals surface area contributed by atoms with Gasteiger partial charge in [0, 0.05) is 34.6 Å². The molecular weight excluding hydrogens is 296 g/mol. The summed E-state index contributed by atoms with van der Waals surface area (Å²) in [4.78, 5) is 24.7. The molecule has 110 valence electrons. The van der Waals surface area contributed by atoms with Crippen molar-refractivity contribution in [1.29, 1.82) is 0 Å². The standard InChI is InChI=1S/C16H14N4OS/c1-9-5-11(13-7-18-3-4-19-13)6-12(15(17)21)14(9)16-20-10(2)8-22-16/h3-8H,1-2H3,(H2,17,21). The maximum atomic E-state index is 11.9. The van der Waals surface area contributed by atoms with Gasteiger partial charge in [-0.15, -0.1) is 11.3 Å². The Morgan fingerprint density at radius 3 is 2.64 bits per heavy atom. The fourth-order valence-electron chi connectivity index (χ4n) is 2.33. The molecule has 3 rings (SSSR count). The van der Waals surface area contributed by atoms with Crippen molar-refractivity contribution in [3.05, 3.63) is 52.9 Å². The van der Waals surface area contributed by atoms with Gasteiger partial charge in [0.1, 0.15) is 5.01 Å². The number of amides is 1. The topological polar surface area (TPSA) is 81.8 Å². The molecule has 2 heterocycles. The highest BCUT2D eigenvalue weighted by molar-refractivity contribution is 7.13. The molecule has 0 bridgehead atoms. The van der Waals surface area contributed by atoms with Gasteiger partial charge in [0.05, 0.1) is 17.5 Å². The number of primary amides is 1. The van der Waals surface area contributed by atoms with Gasteiger partial charge in [-0.25, -0.2) is 4.98 Å². The van der Waals surface area contributed by atoms with Crippen LogP contribution in [0.5, 0.6) is 0 Å². The summed E-state index contributed by atoms with van der Waals surface area (Å²) in [6.07, 6.45) is 4.89. The summed E-state index contributed by atoms with van der Waals surface area (Å²) in [6, 6.07) is 3.73. The predicted molar refractivity (Wildman–Crippen MR) is 86.6 cm³/mol. The predicted octanol–water partition coefficient (Wildman–Crippen LogP) is 2.98. The number of benzene rings is 1. The summed E-state index contributed by atoms with van der Waals surface area (Å²) >= 11 is 1.50. The second-order valence-electron chi connectivity index (χ2n) is 4.96. The van der Waals surface area contributed by atoms with Crippen LogP contribution in [-0.4, -0.2) is 20.9 Å². The quantitative estimate of drug-likeness (QED) is 0.806. The molecule has 2 N–H and O–H groups in total. The van der Waals surface area contributed by atoms with Gasteiger partial charge in [-0.2, -0.15) is 0 Å². The molecule has 6 heteroatoms. The van der Waals surface area contributed by atoms with E-state index in [4.69, 9.17) is 5.73 Å². The lowest BCUT2D eigenvalue weighted by Crippen LogP contribution is -2.13. The van der Waals surface area contributed by atoms with E-state index in [1.807, 2.05) is 25.3 Å². The number of nitrogens with zero attached hydrogens (tertiary/aromatic N) is 3. The maximum absolute atomic E-state index is 11.9. The highest BCUT2D eigenvalue weighted by Crippen LogP contribution is 2.33. The normalized spacial score (nSPS) is 10.6. The van der Waals surface area contributed by atoms with Crippen molar-refractivity contribution in [3.8, 4) is 21.8 Å². The van der Waals surface area contributed by atoms with Crippen LogP contribution in [0.4, 0.5) is 0 Å². The van der Waals surface area contributed by atoms with Crippen molar-refractivity contribution in [1.82, 2.24) is 15.0 Å². The van der Waals surface area contributed by atoms with E-state index in [1.165, 1.54) is 11.3 Å². The van der Waals surface area contributed by atoms with Crippen LogP contribution in [-0.2, 0) is 0 Å². The fraction of sp³-hybridized carbons (Fsp3) is 0.125. The zero-order chi connectivity index (χ0) is 15.7. The first kappa shape index (κ1) is 14.3. The number of carbonyl (C=O) groups excluding carboxylic acids is 1. The molecule has 0 unspecified atom stereocenters. The molecule has 0 radical (unpaired) electrons. The Hall–Kier alpha value is -2.60. The zero-order valence-corrected chi connectivity index (χ0v) is 13.0. The smallest absolute Gasteiger partial charge is 0.249 e. The van der Waals surface area contributed by atoms with Gasteiger partial charge in [-0.1, -0.05) is 0 Å². The number of carbonyl (C=O) groups is 1. The first-order valence-corrected chi connectivity index (χ1v) is 7.57. The van der Waals surface area contributed by atoms with Crippen molar-refractivity contribution in [2.24, 2.45) is 5.73 Å². The molecule has 0 atom stereocenters. The van der Waals surface area contributed by atoms with Crippen LogP contribution in [0, 0.1) is 13.8 Å². The average Bonchev–Trinajstić information content (AvgIpc) is 2.93. The van der Waals surface area contributed by atoms with Crippen LogP contribution >= 0.6 is 11.3 Å². The summed E-state index contributed by atoms with van der Waals surface area (Å²) in [7, 11) is 0. The van der Waals surface area contributed by atoms with Crippen molar-refractivity contribution in [2.45, 2.75) is 13.8 Å². The lowest BCUT2D eigenvalue weighted by atomic mass is 9.97. The Morgan fingerprint density at radius 1 is 1.23 bits per heavy atom. The molecule has 1 aromatic carbocycles. The number of thiazole rings is 1. The molecule has 0 aliphatic carbocycles. The number of aromatic nitrogens is 3. The number of hydrogen-bond acceptors (Lipinski definition) is 5. The molecule has 0 aliphatic heterocycles. The summed E-state index contributed by atoms with van der Waals surface area (Å²) in [5, 5.41) is 2.75. The minimum atomic E-state index is -0.475. The summed E-state index contributed by atoms with van der Waals surface area (Å²) in [5.74, 6) is -0.475. The minimum absolute atomic E-state index is 0.454. The van der Waals surface area contributed by atoms with Gasteiger partial charge in [0.15, 0.2) is 0 Å². The van der Waals surface area contributed by atoms with Gasteiger partial charge in [-0.3, -0.25) is 14.8 Å². The third kappa shape index (κ3) is 2.60. The first-order valence-electron chi connectivity index (χ1n) is 6.69. The van der Waals surface area contributed by atoms with Gasteiger partial charge in [0.25, 0.3) is 0 Å². The zero-order valence-electron chi connectivity index (χ0n) is 12.2. The van der Waals surface area contributed by atoms with E-state index in [-0.39, 0.29) is 0 Å². The van der Waals surface area contributed by atoms with Gasteiger partial charge >= 0.3 is 0 Å².